The first-order valence-corrected chi connectivity index (χ1v) is 11.3. The van der Waals surface area contributed by atoms with Gasteiger partial charge in [-0.25, -0.2) is 0 Å². The highest BCUT2D eigenvalue weighted by Gasteiger charge is 2.15. The number of aromatic amines is 1. The van der Waals surface area contributed by atoms with Crippen molar-refractivity contribution in [2.45, 2.75) is 13.3 Å². The van der Waals surface area contributed by atoms with Gasteiger partial charge in [0.1, 0.15) is 11.4 Å². The van der Waals surface area contributed by atoms with E-state index in [0.29, 0.717) is 25.1 Å². The highest BCUT2D eigenvalue weighted by atomic mass is 16.5. The van der Waals surface area contributed by atoms with Crippen LogP contribution in [-0.4, -0.2) is 29.9 Å². The van der Waals surface area contributed by atoms with Crippen molar-refractivity contribution in [1.29, 1.82) is 0 Å². The Bertz CT molecular complexity index is 1290. The molecule has 0 aliphatic heterocycles. The van der Waals surface area contributed by atoms with Crippen LogP contribution in [0.1, 0.15) is 28.4 Å². The molecule has 0 radical (unpaired) electrons. The molecule has 6 nitrogen and oxygen atoms in total. The van der Waals surface area contributed by atoms with E-state index >= 15 is 0 Å². The number of carbonyl (C=O) groups excluding carboxylic acids is 2. The van der Waals surface area contributed by atoms with Crippen LogP contribution in [0.25, 0.3) is 17.0 Å². The smallest absolute Gasteiger partial charge is 0.267 e. The maximum atomic E-state index is 13.0. The SMILES string of the molecule is CCOc1ccc(C=C(NC(=O)c2ccccc2)C(=O)NCCc2c[nH]c3ccccc23)cc1. The molecule has 0 unspecified atom stereocenters. The maximum Gasteiger partial charge on any atom is 0.267 e. The predicted octanol–water partition coefficient (Wildman–Crippen LogP) is 4.70. The molecule has 0 atom stereocenters. The lowest BCUT2D eigenvalue weighted by molar-refractivity contribution is -0.117. The Balaban J connectivity index is 1.48. The normalized spacial score (nSPS) is 11.3. The third-order valence-corrected chi connectivity index (χ3v) is 5.39. The molecule has 0 saturated carbocycles. The van der Waals surface area contributed by atoms with Gasteiger partial charge in [0.15, 0.2) is 0 Å². The minimum atomic E-state index is -0.349. The van der Waals surface area contributed by atoms with E-state index in [0.717, 1.165) is 27.8 Å². The van der Waals surface area contributed by atoms with E-state index in [1.807, 2.05) is 61.7 Å². The summed E-state index contributed by atoms with van der Waals surface area (Å²) in [6.07, 6.45) is 4.29. The molecule has 2 amide bonds. The molecule has 0 spiro atoms. The first kappa shape index (κ1) is 22.9. The van der Waals surface area contributed by atoms with Crippen molar-refractivity contribution in [2.24, 2.45) is 0 Å². The fourth-order valence-electron chi connectivity index (χ4n) is 3.68. The van der Waals surface area contributed by atoms with Gasteiger partial charge in [-0.05, 0) is 60.9 Å². The number of ether oxygens (including phenoxy) is 1. The fraction of sp³-hybridized carbons (Fsp3) is 0.143. The van der Waals surface area contributed by atoms with Crippen LogP contribution in [0, 0.1) is 0 Å². The fourth-order valence-corrected chi connectivity index (χ4v) is 3.68. The van der Waals surface area contributed by atoms with E-state index < -0.39 is 0 Å². The third-order valence-electron chi connectivity index (χ3n) is 5.39. The van der Waals surface area contributed by atoms with Crippen molar-refractivity contribution >= 4 is 28.8 Å². The topological polar surface area (TPSA) is 83.2 Å². The molecular formula is C28H27N3O3. The molecule has 4 rings (SSSR count). The van der Waals surface area contributed by atoms with Gasteiger partial charge in [0.25, 0.3) is 11.8 Å². The minimum Gasteiger partial charge on any atom is -0.494 e. The largest absolute Gasteiger partial charge is 0.494 e. The van der Waals surface area contributed by atoms with Crippen molar-refractivity contribution < 1.29 is 14.3 Å². The maximum absolute atomic E-state index is 13.0. The predicted molar refractivity (Wildman–Crippen MR) is 135 cm³/mol. The van der Waals surface area contributed by atoms with Crippen molar-refractivity contribution in [3.05, 3.63) is 107 Å². The number of benzene rings is 3. The third kappa shape index (κ3) is 5.72. The van der Waals surface area contributed by atoms with Crippen LogP contribution in [0.3, 0.4) is 0 Å². The standard InChI is InChI=1S/C28H27N3O3/c1-2-34-23-14-12-20(13-15-23)18-26(31-27(32)21-8-4-3-5-9-21)28(33)29-17-16-22-19-30-25-11-7-6-10-24(22)25/h3-15,18-19,30H,2,16-17H2,1H3,(H,29,33)(H,31,32). The molecule has 0 fully saturated rings. The summed E-state index contributed by atoms with van der Waals surface area (Å²) in [6, 6.07) is 24.2. The number of rotatable bonds is 9. The quantitative estimate of drug-likeness (QED) is 0.321. The number of H-pyrrole nitrogens is 1. The van der Waals surface area contributed by atoms with Gasteiger partial charge in [0.2, 0.25) is 0 Å². The Hall–Kier alpha value is -4.32. The molecule has 0 aliphatic rings. The van der Waals surface area contributed by atoms with Crippen LogP contribution >= 0.6 is 0 Å². The lowest BCUT2D eigenvalue weighted by Crippen LogP contribution is -2.35. The van der Waals surface area contributed by atoms with E-state index in [4.69, 9.17) is 4.74 Å². The second-order valence-corrected chi connectivity index (χ2v) is 7.75. The Kier molecular flexibility index (Phi) is 7.40. The van der Waals surface area contributed by atoms with Crippen molar-refractivity contribution in [1.82, 2.24) is 15.6 Å². The summed E-state index contributed by atoms with van der Waals surface area (Å²) < 4.78 is 5.48. The molecular weight excluding hydrogens is 426 g/mol. The van der Waals surface area contributed by atoms with Gasteiger partial charge in [0.05, 0.1) is 6.61 Å². The zero-order valence-electron chi connectivity index (χ0n) is 19.0. The van der Waals surface area contributed by atoms with Crippen LogP contribution in [0.2, 0.25) is 0 Å². The van der Waals surface area contributed by atoms with Gasteiger partial charge < -0.3 is 20.4 Å². The summed E-state index contributed by atoms with van der Waals surface area (Å²) in [5.41, 5.74) is 3.62. The van der Waals surface area contributed by atoms with E-state index in [1.54, 1.807) is 30.3 Å². The molecule has 3 N–H and O–H groups in total. The summed E-state index contributed by atoms with van der Waals surface area (Å²) in [6.45, 7) is 2.93. The monoisotopic (exact) mass is 453 g/mol. The van der Waals surface area contributed by atoms with Crippen LogP contribution in [0.15, 0.2) is 90.8 Å². The van der Waals surface area contributed by atoms with Gasteiger partial charge in [-0.15, -0.1) is 0 Å². The highest BCUT2D eigenvalue weighted by Crippen LogP contribution is 2.18. The second-order valence-electron chi connectivity index (χ2n) is 7.75. The molecule has 4 aromatic rings. The summed E-state index contributed by atoms with van der Waals surface area (Å²) in [5, 5.41) is 6.84. The number of amides is 2. The van der Waals surface area contributed by atoms with Crippen molar-refractivity contribution in [3.8, 4) is 5.75 Å². The summed E-state index contributed by atoms with van der Waals surface area (Å²) >= 11 is 0. The van der Waals surface area contributed by atoms with Gasteiger partial charge in [-0.2, -0.15) is 0 Å². The van der Waals surface area contributed by atoms with Gasteiger partial charge in [0, 0.05) is 29.2 Å². The Labute approximate surface area is 198 Å². The van der Waals surface area contributed by atoms with Gasteiger partial charge >= 0.3 is 0 Å². The molecule has 1 heterocycles. The molecule has 3 aromatic carbocycles. The average Bonchev–Trinajstić information content (AvgIpc) is 3.28. The molecule has 0 saturated heterocycles. The lowest BCUT2D eigenvalue weighted by atomic mass is 10.1. The summed E-state index contributed by atoms with van der Waals surface area (Å²) in [5.74, 6) is 0.0558. The zero-order chi connectivity index (χ0) is 23.8. The highest BCUT2D eigenvalue weighted by molar-refractivity contribution is 6.05. The summed E-state index contributed by atoms with van der Waals surface area (Å²) in [7, 11) is 0. The molecule has 0 aliphatic carbocycles. The number of hydrogen-bond acceptors (Lipinski definition) is 3. The van der Waals surface area contributed by atoms with Crippen molar-refractivity contribution in [2.75, 3.05) is 13.2 Å². The first-order valence-electron chi connectivity index (χ1n) is 11.3. The number of carbonyl (C=O) groups is 2. The van der Waals surface area contributed by atoms with E-state index in [1.165, 1.54) is 0 Å². The molecule has 6 heteroatoms. The lowest BCUT2D eigenvalue weighted by Gasteiger charge is -2.11. The number of para-hydroxylation sites is 1. The van der Waals surface area contributed by atoms with Crippen LogP contribution in [-0.2, 0) is 11.2 Å². The Morgan fingerprint density at radius 3 is 2.44 bits per heavy atom. The molecule has 0 bridgehead atoms. The number of hydrogen-bond donors (Lipinski definition) is 3. The molecule has 34 heavy (non-hydrogen) atoms. The van der Waals surface area contributed by atoms with Crippen molar-refractivity contribution in [3.63, 3.8) is 0 Å². The average molecular weight is 454 g/mol. The van der Waals surface area contributed by atoms with Gasteiger partial charge in [-0.3, -0.25) is 9.59 Å². The molecule has 1 aromatic heterocycles. The Morgan fingerprint density at radius 2 is 1.68 bits per heavy atom. The van der Waals surface area contributed by atoms with E-state index in [-0.39, 0.29) is 17.5 Å². The second kappa shape index (κ2) is 11.0. The Morgan fingerprint density at radius 1 is 0.941 bits per heavy atom. The number of nitrogens with one attached hydrogen (secondary N) is 3. The van der Waals surface area contributed by atoms with Gasteiger partial charge in [-0.1, -0.05) is 48.5 Å². The van der Waals surface area contributed by atoms with Crippen LogP contribution in [0.5, 0.6) is 5.75 Å². The summed E-state index contributed by atoms with van der Waals surface area (Å²) in [4.78, 5) is 29.0. The van der Waals surface area contributed by atoms with E-state index in [9.17, 15) is 9.59 Å². The first-order chi connectivity index (χ1) is 16.6. The minimum absolute atomic E-state index is 0.178. The van der Waals surface area contributed by atoms with Crippen LogP contribution < -0.4 is 15.4 Å². The molecule has 172 valence electrons. The number of fused-ring (bicyclic) bond motifs is 1. The van der Waals surface area contributed by atoms with Crippen LogP contribution in [0.4, 0.5) is 0 Å². The number of aromatic nitrogens is 1. The van der Waals surface area contributed by atoms with E-state index in [2.05, 4.69) is 21.7 Å². The zero-order valence-corrected chi connectivity index (χ0v) is 19.0.